The van der Waals surface area contributed by atoms with E-state index in [1.807, 2.05) is 0 Å². The summed E-state index contributed by atoms with van der Waals surface area (Å²) >= 11 is 0. The van der Waals surface area contributed by atoms with E-state index in [-0.39, 0.29) is 23.4 Å². The molecule has 0 saturated carbocycles. The van der Waals surface area contributed by atoms with Crippen LogP contribution >= 0.6 is 0 Å². The van der Waals surface area contributed by atoms with Crippen molar-refractivity contribution in [3.63, 3.8) is 0 Å². The lowest BCUT2D eigenvalue weighted by Gasteiger charge is -2.32. The van der Waals surface area contributed by atoms with E-state index < -0.39 is 0 Å². The zero-order valence-electron chi connectivity index (χ0n) is 17.6. The molecule has 3 nitrogen and oxygen atoms in total. The fraction of sp³-hybridized carbons (Fsp3) is 1.00. The molecule has 2 aliphatic heterocycles. The van der Waals surface area contributed by atoms with Crippen LogP contribution in [0, 0.1) is 0 Å². The van der Waals surface area contributed by atoms with Gasteiger partial charge in [-0.1, -0.05) is 67.2 Å². The summed E-state index contributed by atoms with van der Waals surface area (Å²) in [5.74, 6) is 0. The Morgan fingerprint density at radius 1 is 0.680 bits per heavy atom. The Labute approximate surface area is 156 Å². The summed E-state index contributed by atoms with van der Waals surface area (Å²) in [7, 11) is 0. The molecule has 2 fully saturated rings. The van der Waals surface area contributed by atoms with Crippen LogP contribution in [0.15, 0.2) is 0 Å². The minimum atomic E-state index is -0.0396. The molecule has 0 radical (unpaired) electrons. The summed E-state index contributed by atoms with van der Waals surface area (Å²) in [6.45, 7) is 13.5. The molecular weight excluding hydrogens is 312 g/mol. The highest BCUT2D eigenvalue weighted by molar-refractivity contribution is 5.11. The molecule has 2 heterocycles. The first-order valence-electron chi connectivity index (χ1n) is 11.1. The SMILES string of the molecule is CCCC(OC(CCC)C1(CC)OC1CCC)C1(CC)OC1CCC. The Hall–Kier alpha value is -0.120. The zero-order valence-corrected chi connectivity index (χ0v) is 17.6. The van der Waals surface area contributed by atoms with E-state index in [0.29, 0.717) is 12.2 Å². The molecule has 0 spiro atoms. The van der Waals surface area contributed by atoms with E-state index in [0.717, 1.165) is 51.4 Å². The maximum Gasteiger partial charge on any atom is 0.120 e. The number of epoxide rings is 2. The van der Waals surface area contributed by atoms with Gasteiger partial charge in [0.2, 0.25) is 0 Å². The summed E-state index contributed by atoms with van der Waals surface area (Å²) in [6, 6.07) is 0. The topological polar surface area (TPSA) is 34.3 Å². The molecule has 2 rings (SSSR count). The van der Waals surface area contributed by atoms with Crippen LogP contribution in [0.25, 0.3) is 0 Å². The molecule has 25 heavy (non-hydrogen) atoms. The molecule has 6 unspecified atom stereocenters. The van der Waals surface area contributed by atoms with Crippen molar-refractivity contribution in [2.75, 3.05) is 0 Å². The van der Waals surface area contributed by atoms with Gasteiger partial charge < -0.3 is 14.2 Å². The Morgan fingerprint density at radius 3 is 1.36 bits per heavy atom. The maximum atomic E-state index is 6.87. The predicted molar refractivity (Wildman–Crippen MR) is 104 cm³/mol. The van der Waals surface area contributed by atoms with Crippen molar-refractivity contribution in [3.05, 3.63) is 0 Å². The lowest BCUT2D eigenvalue weighted by Crippen LogP contribution is -2.43. The first-order valence-corrected chi connectivity index (χ1v) is 11.1. The molecular formula is C22H42O3. The molecule has 0 aromatic carbocycles. The van der Waals surface area contributed by atoms with Gasteiger partial charge in [-0.2, -0.15) is 0 Å². The molecule has 0 aliphatic carbocycles. The van der Waals surface area contributed by atoms with Crippen LogP contribution in [-0.2, 0) is 14.2 Å². The molecule has 2 aliphatic rings. The molecule has 0 N–H and O–H groups in total. The van der Waals surface area contributed by atoms with Gasteiger partial charge in [-0.05, 0) is 38.5 Å². The lowest BCUT2D eigenvalue weighted by molar-refractivity contribution is -0.0930. The minimum Gasteiger partial charge on any atom is -0.369 e. The van der Waals surface area contributed by atoms with Gasteiger partial charge in [-0.25, -0.2) is 0 Å². The third-order valence-electron chi connectivity index (χ3n) is 6.43. The summed E-state index contributed by atoms with van der Waals surface area (Å²) < 4.78 is 19.4. The first-order chi connectivity index (χ1) is 12.1. The number of rotatable bonds is 14. The molecule has 3 heteroatoms. The van der Waals surface area contributed by atoms with E-state index in [9.17, 15) is 0 Å². The van der Waals surface area contributed by atoms with Crippen molar-refractivity contribution in [2.24, 2.45) is 0 Å². The van der Waals surface area contributed by atoms with E-state index in [1.165, 1.54) is 12.8 Å². The second-order valence-corrected chi connectivity index (χ2v) is 8.10. The highest BCUT2D eigenvalue weighted by Crippen LogP contribution is 2.52. The van der Waals surface area contributed by atoms with Gasteiger partial charge in [0.25, 0.3) is 0 Å². The van der Waals surface area contributed by atoms with Crippen molar-refractivity contribution >= 4 is 0 Å². The third kappa shape index (κ3) is 4.25. The number of hydrogen-bond donors (Lipinski definition) is 0. The van der Waals surface area contributed by atoms with Crippen LogP contribution in [0.2, 0.25) is 0 Å². The molecule has 0 aromatic heterocycles. The quantitative estimate of drug-likeness (QED) is 0.357. The highest BCUT2D eigenvalue weighted by atomic mass is 16.7. The number of ether oxygens (including phenoxy) is 3. The van der Waals surface area contributed by atoms with Crippen molar-refractivity contribution in [1.29, 1.82) is 0 Å². The Bertz CT molecular complexity index is 363. The molecule has 0 aromatic rings. The Kier molecular flexibility index (Phi) is 7.79. The highest BCUT2D eigenvalue weighted by Gasteiger charge is 2.64. The first kappa shape index (κ1) is 21.2. The van der Waals surface area contributed by atoms with Gasteiger partial charge in [0.1, 0.15) is 11.2 Å². The van der Waals surface area contributed by atoms with Gasteiger partial charge in [0, 0.05) is 0 Å². The van der Waals surface area contributed by atoms with E-state index in [2.05, 4.69) is 41.5 Å². The van der Waals surface area contributed by atoms with Crippen LogP contribution in [0.1, 0.15) is 106 Å². The molecule has 0 bridgehead atoms. The van der Waals surface area contributed by atoms with Crippen molar-refractivity contribution in [3.8, 4) is 0 Å². The predicted octanol–water partition coefficient (Wildman–Crippen LogP) is 6.04. The van der Waals surface area contributed by atoms with Crippen LogP contribution in [0.5, 0.6) is 0 Å². The Morgan fingerprint density at radius 2 is 1.08 bits per heavy atom. The maximum absolute atomic E-state index is 6.87. The number of hydrogen-bond acceptors (Lipinski definition) is 3. The Balaban J connectivity index is 2.12. The third-order valence-corrected chi connectivity index (χ3v) is 6.43. The van der Waals surface area contributed by atoms with Crippen LogP contribution in [0.4, 0.5) is 0 Å². The lowest BCUT2D eigenvalue weighted by atomic mass is 9.87. The normalized spacial score (nSPS) is 36.2. The fourth-order valence-electron chi connectivity index (χ4n) is 4.81. The standard InChI is InChI=1S/C22H42O3/c1-7-13-17(21(11-5)19(24-21)15-9-3)23-18(14-8-2)22(12-6)20(25-22)16-10-4/h17-20H,7-16H2,1-6H3. The van der Waals surface area contributed by atoms with E-state index in [1.54, 1.807) is 0 Å². The smallest absolute Gasteiger partial charge is 0.120 e. The van der Waals surface area contributed by atoms with Crippen molar-refractivity contribution < 1.29 is 14.2 Å². The molecule has 0 amide bonds. The van der Waals surface area contributed by atoms with Crippen molar-refractivity contribution in [2.45, 2.75) is 141 Å². The second-order valence-electron chi connectivity index (χ2n) is 8.10. The van der Waals surface area contributed by atoms with Gasteiger partial charge in [0.05, 0.1) is 24.4 Å². The molecule has 2 saturated heterocycles. The van der Waals surface area contributed by atoms with E-state index >= 15 is 0 Å². The zero-order chi connectivity index (χ0) is 18.5. The van der Waals surface area contributed by atoms with Gasteiger partial charge >= 0.3 is 0 Å². The average molecular weight is 355 g/mol. The van der Waals surface area contributed by atoms with Gasteiger partial charge in [0.15, 0.2) is 0 Å². The summed E-state index contributed by atoms with van der Waals surface area (Å²) in [4.78, 5) is 0. The van der Waals surface area contributed by atoms with Crippen LogP contribution in [0.3, 0.4) is 0 Å². The summed E-state index contributed by atoms with van der Waals surface area (Å²) in [5, 5.41) is 0. The largest absolute Gasteiger partial charge is 0.369 e. The van der Waals surface area contributed by atoms with Gasteiger partial charge in [-0.3, -0.25) is 0 Å². The van der Waals surface area contributed by atoms with Crippen LogP contribution < -0.4 is 0 Å². The van der Waals surface area contributed by atoms with E-state index in [4.69, 9.17) is 14.2 Å². The van der Waals surface area contributed by atoms with Crippen LogP contribution in [-0.4, -0.2) is 35.6 Å². The van der Waals surface area contributed by atoms with Gasteiger partial charge in [-0.15, -0.1) is 0 Å². The molecule has 6 atom stereocenters. The summed E-state index contributed by atoms with van der Waals surface area (Å²) in [6.07, 6.45) is 12.5. The minimum absolute atomic E-state index is 0.0396. The van der Waals surface area contributed by atoms with Crippen molar-refractivity contribution in [1.82, 2.24) is 0 Å². The monoisotopic (exact) mass is 354 g/mol. The second kappa shape index (κ2) is 9.19. The summed E-state index contributed by atoms with van der Waals surface area (Å²) in [5.41, 5.74) is -0.0792. The molecule has 148 valence electrons. The fourth-order valence-corrected chi connectivity index (χ4v) is 4.81. The average Bonchev–Trinajstić information content (AvgIpc) is 3.50.